The topological polar surface area (TPSA) is 81.9 Å². The van der Waals surface area contributed by atoms with Gasteiger partial charge in [0, 0.05) is 19.3 Å². The Morgan fingerprint density at radius 1 is 1.43 bits per heavy atom. The Labute approximate surface area is 143 Å². The van der Waals surface area contributed by atoms with Gasteiger partial charge in [0.15, 0.2) is 4.34 Å². The summed E-state index contributed by atoms with van der Waals surface area (Å²) in [6.07, 6.45) is 0.292. The summed E-state index contributed by atoms with van der Waals surface area (Å²) >= 11 is 2.79. The Morgan fingerprint density at radius 3 is 2.78 bits per heavy atom. The lowest BCUT2D eigenvalue weighted by Gasteiger charge is -2.24. The first-order valence-corrected chi connectivity index (χ1v) is 8.76. The molecule has 1 unspecified atom stereocenters. The van der Waals surface area contributed by atoms with Gasteiger partial charge >= 0.3 is 0 Å². The molecular weight excluding hydrogens is 330 g/mol. The zero-order valence-electron chi connectivity index (χ0n) is 12.9. The van der Waals surface area contributed by atoms with Crippen LogP contribution in [-0.4, -0.2) is 34.9 Å². The SMILES string of the molecule is CNc1nnc(SC(C)C(=O)N(CCC#N)c2ccccc2)s1. The number of hydrogen-bond donors (Lipinski definition) is 1. The van der Waals surface area contributed by atoms with Gasteiger partial charge in [-0.15, -0.1) is 10.2 Å². The van der Waals surface area contributed by atoms with Crippen LogP contribution in [0.25, 0.3) is 0 Å². The van der Waals surface area contributed by atoms with Crippen LogP contribution in [0, 0.1) is 11.3 Å². The van der Waals surface area contributed by atoms with Crippen LogP contribution >= 0.6 is 23.1 Å². The third kappa shape index (κ3) is 4.68. The first-order valence-electron chi connectivity index (χ1n) is 7.07. The maximum absolute atomic E-state index is 12.8. The van der Waals surface area contributed by atoms with Crippen molar-refractivity contribution in [3.63, 3.8) is 0 Å². The first-order chi connectivity index (χ1) is 11.2. The van der Waals surface area contributed by atoms with E-state index in [1.807, 2.05) is 37.3 Å². The molecule has 0 bridgehead atoms. The molecule has 1 atom stereocenters. The van der Waals surface area contributed by atoms with Gasteiger partial charge in [-0.05, 0) is 19.1 Å². The smallest absolute Gasteiger partial charge is 0.240 e. The minimum atomic E-state index is -0.313. The predicted molar refractivity (Wildman–Crippen MR) is 93.8 cm³/mol. The van der Waals surface area contributed by atoms with Crippen LogP contribution in [0.2, 0.25) is 0 Å². The highest BCUT2D eigenvalue weighted by molar-refractivity contribution is 8.02. The summed E-state index contributed by atoms with van der Waals surface area (Å²) in [7, 11) is 1.78. The number of carbonyl (C=O) groups excluding carboxylic acids is 1. The highest BCUT2D eigenvalue weighted by Crippen LogP contribution is 2.30. The largest absolute Gasteiger partial charge is 0.363 e. The number of nitrogens with zero attached hydrogens (tertiary/aromatic N) is 4. The van der Waals surface area contributed by atoms with E-state index in [4.69, 9.17) is 5.26 Å². The zero-order valence-corrected chi connectivity index (χ0v) is 14.5. The summed E-state index contributed by atoms with van der Waals surface area (Å²) in [4.78, 5) is 14.4. The highest BCUT2D eigenvalue weighted by Gasteiger charge is 2.24. The number of para-hydroxylation sites is 1. The minimum Gasteiger partial charge on any atom is -0.363 e. The van der Waals surface area contributed by atoms with Crippen LogP contribution in [0.5, 0.6) is 0 Å². The molecule has 8 heteroatoms. The summed E-state index contributed by atoms with van der Waals surface area (Å²) in [5.74, 6) is -0.0438. The van der Waals surface area contributed by atoms with Gasteiger partial charge in [-0.1, -0.05) is 41.3 Å². The van der Waals surface area contributed by atoms with Crippen LogP contribution in [0.15, 0.2) is 34.7 Å². The molecule has 0 aliphatic carbocycles. The molecule has 0 aliphatic rings. The van der Waals surface area contributed by atoms with E-state index < -0.39 is 0 Å². The van der Waals surface area contributed by atoms with Crippen molar-refractivity contribution >= 4 is 39.8 Å². The molecule has 1 amide bonds. The molecule has 23 heavy (non-hydrogen) atoms. The molecule has 2 aromatic rings. The molecule has 120 valence electrons. The van der Waals surface area contributed by atoms with Crippen molar-refractivity contribution in [1.29, 1.82) is 5.26 Å². The molecule has 1 aromatic carbocycles. The van der Waals surface area contributed by atoms with E-state index in [-0.39, 0.29) is 11.2 Å². The highest BCUT2D eigenvalue weighted by atomic mass is 32.2. The van der Waals surface area contributed by atoms with Crippen LogP contribution in [0.1, 0.15) is 13.3 Å². The molecule has 1 aromatic heterocycles. The van der Waals surface area contributed by atoms with Crippen LogP contribution < -0.4 is 10.2 Å². The van der Waals surface area contributed by atoms with Crippen molar-refractivity contribution in [1.82, 2.24) is 10.2 Å². The second kappa shape index (κ2) is 8.50. The predicted octanol–water partition coefficient (Wildman–Crippen LogP) is 3.01. The number of amides is 1. The minimum absolute atomic E-state index is 0.0438. The Bertz CT molecular complexity index is 683. The van der Waals surface area contributed by atoms with Gasteiger partial charge in [-0.2, -0.15) is 5.26 Å². The van der Waals surface area contributed by atoms with Gasteiger partial charge in [-0.3, -0.25) is 4.79 Å². The molecule has 0 aliphatic heterocycles. The van der Waals surface area contributed by atoms with E-state index in [0.717, 1.165) is 15.2 Å². The van der Waals surface area contributed by atoms with Gasteiger partial charge in [0.05, 0.1) is 17.7 Å². The van der Waals surface area contributed by atoms with E-state index in [9.17, 15) is 4.79 Å². The van der Waals surface area contributed by atoms with Gasteiger partial charge in [0.25, 0.3) is 0 Å². The Kier molecular flexibility index (Phi) is 6.38. The number of nitrogens with one attached hydrogen (secondary N) is 1. The molecule has 0 spiro atoms. The fourth-order valence-electron chi connectivity index (χ4n) is 1.92. The van der Waals surface area contributed by atoms with Crippen LogP contribution in [0.4, 0.5) is 10.8 Å². The third-order valence-electron chi connectivity index (χ3n) is 3.03. The lowest BCUT2D eigenvalue weighted by Crippen LogP contribution is -2.37. The molecule has 6 nitrogen and oxygen atoms in total. The van der Waals surface area contributed by atoms with E-state index in [1.165, 1.54) is 23.1 Å². The number of rotatable bonds is 7. The lowest BCUT2D eigenvalue weighted by molar-refractivity contribution is -0.117. The number of carbonyl (C=O) groups is 1. The van der Waals surface area contributed by atoms with E-state index in [2.05, 4.69) is 21.6 Å². The van der Waals surface area contributed by atoms with Gasteiger partial charge in [0.1, 0.15) is 0 Å². The number of anilines is 2. The van der Waals surface area contributed by atoms with Crippen molar-refractivity contribution < 1.29 is 4.79 Å². The van der Waals surface area contributed by atoms with Crippen molar-refractivity contribution in [2.45, 2.75) is 22.9 Å². The number of hydrogen-bond acceptors (Lipinski definition) is 7. The van der Waals surface area contributed by atoms with Crippen molar-refractivity contribution in [2.75, 3.05) is 23.8 Å². The van der Waals surface area contributed by atoms with E-state index >= 15 is 0 Å². The van der Waals surface area contributed by atoms with Crippen LogP contribution in [-0.2, 0) is 4.79 Å². The molecular formula is C15H17N5OS2. The molecule has 0 saturated carbocycles. The monoisotopic (exact) mass is 347 g/mol. The average molecular weight is 347 g/mol. The number of benzene rings is 1. The van der Waals surface area contributed by atoms with Gasteiger partial charge in [0.2, 0.25) is 11.0 Å². The average Bonchev–Trinajstić information content (AvgIpc) is 3.03. The summed E-state index contributed by atoms with van der Waals surface area (Å²) < 4.78 is 0.739. The van der Waals surface area contributed by atoms with Crippen molar-refractivity contribution in [2.24, 2.45) is 0 Å². The quantitative estimate of drug-likeness (QED) is 0.775. The first kappa shape index (κ1) is 17.2. The Morgan fingerprint density at radius 2 is 2.17 bits per heavy atom. The van der Waals surface area contributed by atoms with E-state index in [0.29, 0.717) is 13.0 Å². The molecule has 2 rings (SSSR count). The second-order valence-corrected chi connectivity index (χ2v) is 7.18. The number of nitriles is 1. The number of aromatic nitrogens is 2. The molecule has 0 fully saturated rings. The van der Waals surface area contributed by atoms with Crippen LogP contribution in [0.3, 0.4) is 0 Å². The van der Waals surface area contributed by atoms with Gasteiger partial charge in [-0.25, -0.2) is 0 Å². The maximum atomic E-state index is 12.8. The fraction of sp³-hybridized carbons (Fsp3) is 0.333. The Hall–Kier alpha value is -2.11. The number of thioether (sulfide) groups is 1. The lowest BCUT2D eigenvalue weighted by atomic mass is 10.2. The molecule has 0 radical (unpaired) electrons. The zero-order chi connectivity index (χ0) is 16.7. The summed E-state index contributed by atoms with van der Waals surface area (Å²) in [5.41, 5.74) is 0.799. The maximum Gasteiger partial charge on any atom is 0.240 e. The summed E-state index contributed by atoms with van der Waals surface area (Å²) in [6.45, 7) is 2.22. The fourth-order valence-corrected chi connectivity index (χ4v) is 3.83. The molecule has 0 saturated heterocycles. The second-order valence-electron chi connectivity index (χ2n) is 4.62. The van der Waals surface area contributed by atoms with Crippen molar-refractivity contribution in [3.8, 4) is 6.07 Å². The van der Waals surface area contributed by atoms with E-state index in [1.54, 1.807) is 11.9 Å². The third-order valence-corrected chi connectivity index (χ3v) is 5.14. The van der Waals surface area contributed by atoms with Crippen molar-refractivity contribution in [3.05, 3.63) is 30.3 Å². The molecule has 1 N–H and O–H groups in total. The summed E-state index contributed by atoms with van der Waals surface area (Å²) in [5, 5.41) is 20.2. The molecule has 1 heterocycles. The summed E-state index contributed by atoms with van der Waals surface area (Å²) in [6, 6.07) is 11.5. The Balaban J connectivity index is 2.11. The van der Waals surface area contributed by atoms with Gasteiger partial charge < -0.3 is 10.2 Å². The normalized spacial score (nSPS) is 11.5. The standard InChI is InChI=1S/C15H17N5OS2/c1-11(22-15-19-18-14(17-2)23-15)13(21)20(10-6-9-16)12-7-4-3-5-8-12/h3-5,7-8,11H,6,10H2,1-2H3,(H,17,18).